The van der Waals surface area contributed by atoms with Gasteiger partial charge in [0.2, 0.25) is 15.9 Å². The van der Waals surface area contributed by atoms with Crippen molar-refractivity contribution in [2.24, 2.45) is 0 Å². The monoisotopic (exact) mass is 476 g/mol. The van der Waals surface area contributed by atoms with E-state index in [1.54, 1.807) is 6.92 Å². The van der Waals surface area contributed by atoms with Crippen LogP contribution in [0.15, 0.2) is 29.2 Å². The van der Waals surface area contributed by atoms with Crippen LogP contribution in [0, 0.1) is 6.92 Å². The number of esters is 1. The number of carbonyl (C=O) groups is 3. The number of aromatic amines is 1. The molecule has 0 unspecified atom stereocenters. The fourth-order valence-corrected chi connectivity index (χ4v) is 5.20. The van der Waals surface area contributed by atoms with Gasteiger partial charge >= 0.3 is 5.97 Å². The van der Waals surface area contributed by atoms with Crippen molar-refractivity contribution in [2.45, 2.75) is 25.2 Å². The lowest BCUT2D eigenvalue weighted by Crippen LogP contribution is -2.46. The van der Waals surface area contributed by atoms with Crippen LogP contribution in [0.4, 0.5) is 5.69 Å². The molecule has 1 aliphatic heterocycles. The number of amides is 1. The Morgan fingerprint density at radius 1 is 1.09 bits per heavy atom. The smallest absolute Gasteiger partial charge is 0.339 e. The number of piperazine rings is 1. The van der Waals surface area contributed by atoms with E-state index in [0.717, 1.165) is 0 Å². The third kappa shape index (κ3) is 5.32. The van der Waals surface area contributed by atoms with Gasteiger partial charge in [-0.15, -0.1) is 0 Å². The quantitative estimate of drug-likeness (QED) is 0.457. The molecule has 0 aliphatic carbocycles. The lowest BCUT2D eigenvalue weighted by atomic mass is 10.1. The predicted molar refractivity (Wildman–Crippen MR) is 122 cm³/mol. The Labute approximate surface area is 192 Å². The first-order chi connectivity index (χ1) is 15.5. The van der Waals surface area contributed by atoms with Gasteiger partial charge in [-0.25, -0.2) is 13.2 Å². The number of ether oxygens (including phenoxy) is 1. The van der Waals surface area contributed by atoms with Crippen molar-refractivity contribution < 1.29 is 27.5 Å². The van der Waals surface area contributed by atoms with E-state index in [1.165, 1.54) is 42.6 Å². The zero-order valence-corrected chi connectivity index (χ0v) is 19.9. The van der Waals surface area contributed by atoms with Gasteiger partial charge in [-0.3, -0.25) is 9.59 Å². The van der Waals surface area contributed by atoms with E-state index in [-0.39, 0.29) is 34.1 Å². The van der Waals surface area contributed by atoms with Crippen LogP contribution in [0.3, 0.4) is 0 Å². The summed E-state index contributed by atoms with van der Waals surface area (Å²) in [6, 6.07) is 5.94. The number of nitrogens with one attached hydrogen (secondary N) is 2. The van der Waals surface area contributed by atoms with Crippen molar-refractivity contribution in [2.75, 3.05) is 45.7 Å². The Morgan fingerprint density at radius 3 is 2.24 bits per heavy atom. The van der Waals surface area contributed by atoms with Gasteiger partial charge in [-0.2, -0.15) is 4.31 Å². The minimum atomic E-state index is -3.60. The molecule has 1 saturated heterocycles. The summed E-state index contributed by atoms with van der Waals surface area (Å²) >= 11 is 0. The van der Waals surface area contributed by atoms with Gasteiger partial charge in [-0.1, -0.05) is 0 Å². The van der Waals surface area contributed by atoms with Crippen LogP contribution >= 0.6 is 0 Å². The molecular formula is C22H28N4O6S. The molecule has 33 heavy (non-hydrogen) atoms. The Balaban J connectivity index is 1.72. The molecule has 1 fully saturated rings. The van der Waals surface area contributed by atoms with E-state index >= 15 is 0 Å². The number of Topliss-reactive ketones (excluding diaryl/α,β-unsaturated/α-hetero) is 1. The maximum Gasteiger partial charge on any atom is 0.339 e. The fourth-order valence-electron chi connectivity index (χ4n) is 3.77. The van der Waals surface area contributed by atoms with E-state index in [9.17, 15) is 22.8 Å². The summed E-state index contributed by atoms with van der Waals surface area (Å²) in [5, 5.41) is 2.69. The van der Waals surface area contributed by atoms with Crippen LogP contribution in [0.1, 0.15) is 39.0 Å². The average molecular weight is 477 g/mol. The molecule has 0 radical (unpaired) electrons. The van der Waals surface area contributed by atoms with Crippen LogP contribution in [0.5, 0.6) is 0 Å². The van der Waals surface area contributed by atoms with Crippen LogP contribution in [0.2, 0.25) is 0 Å². The van der Waals surface area contributed by atoms with E-state index in [1.807, 2.05) is 7.05 Å². The number of sulfonamides is 1. The largest absolute Gasteiger partial charge is 0.465 e. The topological polar surface area (TPSA) is 129 Å². The first kappa shape index (κ1) is 24.6. The van der Waals surface area contributed by atoms with Crippen LogP contribution in [0.25, 0.3) is 0 Å². The second-order valence-electron chi connectivity index (χ2n) is 7.98. The standard InChI is InChI=1S/C22H28N4O6S/c1-14-20(22(29)32-4)18(24-21(14)15(2)27)13-19(28)23-16-5-7-17(8-6-16)33(30,31)26-11-9-25(3)10-12-26/h5-8,24H,9-13H2,1-4H3,(H,23,28). The van der Waals surface area contributed by atoms with Gasteiger partial charge in [0.1, 0.15) is 0 Å². The minimum Gasteiger partial charge on any atom is -0.465 e. The predicted octanol–water partition coefficient (Wildman–Crippen LogP) is 1.43. The number of methoxy groups -OCH3 is 1. The number of carbonyl (C=O) groups excluding carboxylic acids is 3. The molecule has 10 nitrogen and oxygen atoms in total. The van der Waals surface area contributed by atoms with Crippen LogP contribution in [-0.4, -0.2) is 80.6 Å². The first-order valence-electron chi connectivity index (χ1n) is 10.4. The van der Waals surface area contributed by atoms with Crippen molar-refractivity contribution in [1.29, 1.82) is 0 Å². The van der Waals surface area contributed by atoms with Crippen molar-refractivity contribution in [1.82, 2.24) is 14.2 Å². The molecule has 178 valence electrons. The van der Waals surface area contributed by atoms with Crippen molar-refractivity contribution in [3.8, 4) is 0 Å². The fraction of sp³-hybridized carbons (Fsp3) is 0.409. The number of likely N-dealkylation sites (N-methyl/N-ethyl adjacent to an activating group) is 1. The van der Waals surface area contributed by atoms with Gasteiger partial charge < -0.3 is 19.9 Å². The summed E-state index contributed by atoms with van der Waals surface area (Å²) in [6.45, 7) is 5.17. The number of anilines is 1. The molecule has 0 saturated carbocycles. The molecule has 0 bridgehead atoms. The molecule has 2 heterocycles. The Hall–Kier alpha value is -3.02. The summed E-state index contributed by atoms with van der Waals surface area (Å²) in [5.41, 5.74) is 1.52. The summed E-state index contributed by atoms with van der Waals surface area (Å²) < 4.78 is 31.9. The minimum absolute atomic E-state index is 0.157. The highest BCUT2D eigenvalue weighted by Gasteiger charge is 2.28. The van der Waals surface area contributed by atoms with Gasteiger partial charge in [0, 0.05) is 44.5 Å². The second-order valence-corrected chi connectivity index (χ2v) is 9.92. The number of ketones is 1. The molecule has 1 aromatic carbocycles. The molecule has 1 aliphatic rings. The molecular weight excluding hydrogens is 448 g/mol. The summed E-state index contributed by atoms with van der Waals surface area (Å²) in [5.74, 6) is -1.34. The van der Waals surface area contributed by atoms with E-state index < -0.39 is 21.9 Å². The normalized spacial score (nSPS) is 15.3. The maximum atomic E-state index is 12.8. The number of nitrogens with zero attached hydrogens (tertiary/aromatic N) is 2. The van der Waals surface area contributed by atoms with Gasteiger partial charge in [0.25, 0.3) is 0 Å². The van der Waals surface area contributed by atoms with Crippen molar-refractivity contribution in [3.63, 3.8) is 0 Å². The zero-order chi connectivity index (χ0) is 24.3. The van der Waals surface area contributed by atoms with Crippen LogP contribution < -0.4 is 5.32 Å². The molecule has 1 aromatic heterocycles. The summed E-state index contributed by atoms with van der Waals surface area (Å²) in [7, 11) is -0.426. The summed E-state index contributed by atoms with van der Waals surface area (Å²) in [4.78, 5) is 41.7. The number of benzene rings is 1. The van der Waals surface area contributed by atoms with Gasteiger partial charge in [0.05, 0.1) is 29.7 Å². The molecule has 2 aromatic rings. The average Bonchev–Trinajstić information content (AvgIpc) is 3.09. The van der Waals surface area contributed by atoms with E-state index in [4.69, 9.17) is 4.74 Å². The second kappa shape index (κ2) is 9.86. The van der Waals surface area contributed by atoms with E-state index in [0.29, 0.717) is 37.4 Å². The van der Waals surface area contributed by atoms with Gasteiger partial charge in [-0.05, 0) is 43.8 Å². The first-order valence-corrected chi connectivity index (χ1v) is 11.9. The van der Waals surface area contributed by atoms with Crippen molar-refractivity contribution in [3.05, 3.63) is 46.8 Å². The molecule has 2 N–H and O–H groups in total. The Bertz CT molecular complexity index is 1160. The molecule has 11 heteroatoms. The van der Waals surface area contributed by atoms with E-state index in [2.05, 4.69) is 15.2 Å². The molecule has 0 atom stereocenters. The number of H-pyrrole nitrogens is 1. The molecule has 1 amide bonds. The lowest BCUT2D eigenvalue weighted by Gasteiger charge is -2.31. The Morgan fingerprint density at radius 2 is 1.70 bits per heavy atom. The lowest BCUT2D eigenvalue weighted by molar-refractivity contribution is -0.115. The maximum absolute atomic E-state index is 12.8. The number of hydrogen-bond donors (Lipinski definition) is 2. The van der Waals surface area contributed by atoms with Gasteiger partial charge in [0.15, 0.2) is 5.78 Å². The summed E-state index contributed by atoms with van der Waals surface area (Å²) in [6.07, 6.45) is -0.195. The zero-order valence-electron chi connectivity index (χ0n) is 19.1. The van der Waals surface area contributed by atoms with Crippen LogP contribution in [-0.2, 0) is 26.0 Å². The molecule has 0 spiro atoms. The van der Waals surface area contributed by atoms with Crippen molar-refractivity contribution >= 4 is 33.4 Å². The third-order valence-electron chi connectivity index (χ3n) is 5.64. The molecule has 3 rings (SSSR count). The SMILES string of the molecule is COC(=O)c1c(CC(=O)Nc2ccc(S(=O)(=O)N3CCN(C)CC3)cc2)[nH]c(C(C)=O)c1C. The highest BCUT2D eigenvalue weighted by molar-refractivity contribution is 7.89. The highest BCUT2D eigenvalue weighted by atomic mass is 32.2. The number of rotatable bonds is 7. The Kier molecular flexibility index (Phi) is 7.35. The number of aromatic nitrogens is 1. The third-order valence-corrected chi connectivity index (χ3v) is 7.56. The number of hydrogen-bond acceptors (Lipinski definition) is 7. The highest BCUT2D eigenvalue weighted by Crippen LogP contribution is 2.22.